The Kier molecular flexibility index (Phi) is 6.88. The largest absolute Gasteiger partial charge is 0.490 e. The number of nitrogens with zero attached hydrogens (tertiary/aromatic N) is 1. The molecule has 1 spiro atoms. The van der Waals surface area contributed by atoms with Crippen LogP contribution in [0.3, 0.4) is 0 Å². The van der Waals surface area contributed by atoms with Gasteiger partial charge in [0.05, 0.1) is 18.9 Å². The van der Waals surface area contributed by atoms with E-state index >= 15 is 0 Å². The van der Waals surface area contributed by atoms with Crippen LogP contribution in [0.5, 0.6) is 5.75 Å². The third-order valence-corrected chi connectivity index (χ3v) is 8.13. The van der Waals surface area contributed by atoms with Gasteiger partial charge in [-0.05, 0) is 78.0 Å². The summed E-state index contributed by atoms with van der Waals surface area (Å²) in [5, 5.41) is 10.6. The Hall–Kier alpha value is -1.97. The lowest BCUT2D eigenvalue weighted by molar-refractivity contribution is 0.204. The van der Waals surface area contributed by atoms with Crippen LogP contribution in [0.2, 0.25) is 5.02 Å². The molecule has 32 heavy (non-hydrogen) atoms. The first-order valence-electron chi connectivity index (χ1n) is 11.9. The Bertz CT molecular complexity index is 974. The van der Waals surface area contributed by atoms with Gasteiger partial charge in [-0.3, -0.25) is 0 Å². The highest BCUT2D eigenvalue weighted by molar-refractivity contribution is 6.30. The third kappa shape index (κ3) is 4.43. The van der Waals surface area contributed by atoms with Crippen molar-refractivity contribution < 1.29 is 9.84 Å². The number of fused-ring (bicyclic) bond motifs is 3. The number of aliphatic hydroxyl groups excluding tert-OH is 1. The minimum absolute atomic E-state index is 0.0348. The molecular weight excluding hydrogens is 418 g/mol. The maximum atomic E-state index is 9.79. The molecule has 0 radical (unpaired) electrons. The van der Waals surface area contributed by atoms with Gasteiger partial charge in [0.2, 0.25) is 0 Å². The van der Waals surface area contributed by atoms with E-state index in [9.17, 15) is 5.11 Å². The van der Waals surface area contributed by atoms with Gasteiger partial charge in [0.25, 0.3) is 0 Å². The van der Waals surface area contributed by atoms with Crippen molar-refractivity contribution in [2.75, 3.05) is 24.6 Å². The van der Waals surface area contributed by atoms with Gasteiger partial charge in [0.15, 0.2) is 0 Å². The average Bonchev–Trinajstić information content (AvgIpc) is 2.95. The second-order valence-electron chi connectivity index (χ2n) is 10.00. The molecule has 0 bridgehead atoms. The number of anilines is 1. The van der Waals surface area contributed by atoms with E-state index in [1.807, 2.05) is 18.2 Å². The summed E-state index contributed by atoms with van der Waals surface area (Å²) in [5.74, 6) is 2.38. The van der Waals surface area contributed by atoms with Gasteiger partial charge in [-0.25, -0.2) is 0 Å². The molecule has 1 heterocycles. The Morgan fingerprint density at radius 3 is 2.78 bits per heavy atom. The van der Waals surface area contributed by atoms with Crippen molar-refractivity contribution in [3.8, 4) is 5.75 Å². The van der Waals surface area contributed by atoms with Crippen LogP contribution < -0.4 is 9.64 Å². The Morgan fingerprint density at radius 2 is 2.03 bits per heavy atom. The summed E-state index contributed by atoms with van der Waals surface area (Å²) < 4.78 is 6.50. The number of rotatable bonds is 6. The predicted molar refractivity (Wildman–Crippen MR) is 134 cm³/mol. The lowest BCUT2D eigenvalue weighted by atomic mass is 9.70. The fourth-order valence-electron chi connectivity index (χ4n) is 5.50. The van der Waals surface area contributed by atoms with Gasteiger partial charge < -0.3 is 14.7 Å². The number of benzene rings is 2. The van der Waals surface area contributed by atoms with Crippen LogP contribution in [0.1, 0.15) is 50.3 Å². The van der Waals surface area contributed by atoms with Crippen LogP contribution in [-0.2, 0) is 18.4 Å². The van der Waals surface area contributed by atoms with Crippen molar-refractivity contribution in [1.29, 1.82) is 0 Å². The van der Waals surface area contributed by atoms with Crippen molar-refractivity contribution in [3.05, 3.63) is 70.8 Å². The molecule has 2 aromatic carbocycles. The van der Waals surface area contributed by atoms with E-state index < -0.39 is 0 Å². The third-order valence-electron chi connectivity index (χ3n) is 7.89. The van der Waals surface area contributed by atoms with Crippen molar-refractivity contribution in [3.63, 3.8) is 0 Å². The fraction of sp³-hybridized carbons (Fsp3) is 0.500. The molecule has 4 atom stereocenters. The van der Waals surface area contributed by atoms with E-state index in [-0.39, 0.29) is 12.0 Å². The highest BCUT2D eigenvalue weighted by Crippen LogP contribution is 2.45. The van der Waals surface area contributed by atoms with E-state index in [0.29, 0.717) is 24.4 Å². The second kappa shape index (κ2) is 9.49. The van der Waals surface area contributed by atoms with E-state index in [1.54, 1.807) is 0 Å². The van der Waals surface area contributed by atoms with Crippen LogP contribution in [0.4, 0.5) is 5.69 Å². The van der Waals surface area contributed by atoms with Gasteiger partial charge in [0.1, 0.15) is 5.75 Å². The van der Waals surface area contributed by atoms with Crippen LogP contribution in [0.25, 0.3) is 0 Å². The monoisotopic (exact) mass is 453 g/mol. The Labute approximate surface area is 198 Å². The van der Waals surface area contributed by atoms with E-state index in [2.05, 4.69) is 56.5 Å². The molecule has 0 aromatic heterocycles. The highest BCUT2D eigenvalue weighted by Gasteiger charge is 2.42. The molecule has 172 valence electrons. The maximum absolute atomic E-state index is 9.79. The minimum Gasteiger partial charge on any atom is -0.490 e. The van der Waals surface area contributed by atoms with Crippen molar-refractivity contribution in [1.82, 2.24) is 0 Å². The molecule has 3 nitrogen and oxygen atoms in total. The smallest absolute Gasteiger partial charge is 0.142 e. The molecule has 2 aliphatic rings. The van der Waals surface area contributed by atoms with Crippen molar-refractivity contribution >= 4 is 17.3 Å². The SMILES string of the molecule is C=CC(C)C(C)C(C)CN1CC2(CCCc3cc(Cl)ccc32)COc2ccc(CO)cc21. The van der Waals surface area contributed by atoms with Crippen molar-refractivity contribution in [2.45, 2.75) is 52.1 Å². The van der Waals surface area contributed by atoms with Gasteiger partial charge in [-0.15, -0.1) is 6.58 Å². The van der Waals surface area contributed by atoms with Gasteiger partial charge >= 0.3 is 0 Å². The molecule has 0 saturated carbocycles. The molecule has 1 N–H and O–H groups in total. The van der Waals surface area contributed by atoms with Gasteiger partial charge in [-0.1, -0.05) is 50.6 Å². The van der Waals surface area contributed by atoms with Crippen LogP contribution >= 0.6 is 11.6 Å². The van der Waals surface area contributed by atoms with Crippen LogP contribution in [-0.4, -0.2) is 24.8 Å². The number of ether oxygens (including phenoxy) is 1. The molecule has 4 unspecified atom stereocenters. The first-order valence-corrected chi connectivity index (χ1v) is 12.3. The number of aryl methyl sites for hydroxylation is 1. The zero-order valence-electron chi connectivity index (χ0n) is 19.6. The number of hydrogen-bond acceptors (Lipinski definition) is 3. The highest BCUT2D eigenvalue weighted by atomic mass is 35.5. The van der Waals surface area contributed by atoms with Gasteiger partial charge in [-0.2, -0.15) is 0 Å². The minimum atomic E-state index is -0.0659. The summed E-state index contributed by atoms with van der Waals surface area (Å²) in [6.45, 7) is 13.5. The number of hydrogen-bond donors (Lipinski definition) is 1. The molecule has 0 fully saturated rings. The summed E-state index contributed by atoms with van der Waals surface area (Å²) in [4.78, 5) is 2.52. The molecule has 2 aromatic rings. The molecule has 4 heteroatoms. The molecule has 0 saturated heterocycles. The predicted octanol–water partition coefficient (Wildman–Crippen LogP) is 6.40. The molecule has 1 aliphatic carbocycles. The summed E-state index contributed by atoms with van der Waals surface area (Å²) in [7, 11) is 0. The summed E-state index contributed by atoms with van der Waals surface area (Å²) in [5.41, 5.74) is 4.69. The topological polar surface area (TPSA) is 32.7 Å². The quantitative estimate of drug-likeness (QED) is 0.513. The summed E-state index contributed by atoms with van der Waals surface area (Å²) >= 11 is 6.34. The number of halogens is 1. The molecule has 4 rings (SSSR count). The zero-order chi connectivity index (χ0) is 22.9. The van der Waals surface area contributed by atoms with Crippen LogP contribution in [0, 0.1) is 17.8 Å². The van der Waals surface area contributed by atoms with E-state index in [4.69, 9.17) is 16.3 Å². The first kappa shape index (κ1) is 23.2. The average molecular weight is 454 g/mol. The molecular formula is C28H36ClNO2. The lowest BCUT2D eigenvalue weighted by Gasteiger charge is -2.42. The second-order valence-corrected chi connectivity index (χ2v) is 10.4. The number of aliphatic hydroxyl groups is 1. The first-order chi connectivity index (χ1) is 15.4. The Morgan fingerprint density at radius 1 is 1.22 bits per heavy atom. The van der Waals surface area contributed by atoms with Gasteiger partial charge in [0, 0.05) is 23.5 Å². The standard InChI is InChI=1S/C28H36ClNO2/c1-5-19(2)21(4)20(3)15-30-17-28(12-6-7-23-14-24(29)9-10-25(23)28)18-32-27-11-8-22(16-31)13-26(27)30/h5,8-11,13-14,19-21,31H,1,6-7,12,15-18H2,2-4H3. The van der Waals surface area contributed by atoms with Crippen LogP contribution in [0.15, 0.2) is 49.1 Å². The lowest BCUT2D eigenvalue weighted by Crippen LogP contribution is -2.47. The zero-order valence-corrected chi connectivity index (χ0v) is 20.4. The number of allylic oxidation sites excluding steroid dienone is 1. The van der Waals surface area contributed by atoms with E-state index in [1.165, 1.54) is 11.1 Å². The molecule has 1 aliphatic heterocycles. The maximum Gasteiger partial charge on any atom is 0.142 e. The Balaban J connectivity index is 1.74. The molecule has 0 amide bonds. The summed E-state index contributed by atoms with van der Waals surface area (Å²) in [6.07, 6.45) is 5.38. The fourth-order valence-corrected chi connectivity index (χ4v) is 5.70. The van der Waals surface area contributed by atoms with Crippen molar-refractivity contribution in [2.24, 2.45) is 17.8 Å². The van der Waals surface area contributed by atoms with E-state index in [0.717, 1.165) is 54.4 Å². The summed E-state index contributed by atoms with van der Waals surface area (Å²) in [6, 6.07) is 12.5. The normalized spacial score (nSPS) is 22.8.